The van der Waals surface area contributed by atoms with Crippen molar-refractivity contribution in [2.75, 3.05) is 13.1 Å². The predicted octanol–water partition coefficient (Wildman–Crippen LogP) is 3.67. The molecule has 0 bridgehead atoms. The second kappa shape index (κ2) is 7.93. The van der Waals surface area contributed by atoms with Crippen molar-refractivity contribution in [2.24, 2.45) is 0 Å². The van der Waals surface area contributed by atoms with Gasteiger partial charge in [0.15, 0.2) is 10.9 Å². The van der Waals surface area contributed by atoms with Gasteiger partial charge in [0.2, 0.25) is 0 Å². The van der Waals surface area contributed by atoms with Crippen LogP contribution < -0.4 is 9.47 Å². The number of likely N-dealkylation sites (tertiary alicyclic amines) is 1. The van der Waals surface area contributed by atoms with E-state index < -0.39 is 6.09 Å². The molecule has 1 saturated heterocycles. The largest absolute Gasteiger partial charge is 0.434 e. The predicted molar refractivity (Wildman–Crippen MR) is 103 cm³/mol. The van der Waals surface area contributed by atoms with Crippen LogP contribution in [0.1, 0.15) is 36.0 Å². The first kappa shape index (κ1) is 19.0. The molecule has 0 radical (unpaired) electrons. The van der Waals surface area contributed by atoms with E-state index in [4.69, 9.17) is 21.1 Å². The maximum Gasteiger partial charge on any atom is 0.415 e. The summed E-state index contributed by atoms with van der Waals surface area (Å²) in [5.74, 6) is 0.981. The van der Waals surface area contributed by atoms with Gasteiger partial charge in [0, 0.05) is 19.2 Å². The molecule has 28 heavy (non-hydrogen) atoms. The van der Waals surface area contributed by atoms with Crippen LogP contribution in [0.25, 0.3) is 0 Å². The van der Waals surface area contributed by atoms with Gasteiger partial charge in [-0.2, -0.15) is 0 Å². The highest BCUT2D eigenvalue weighted by atomic mass is 35.5. The zero-order chi connectivity index (χ0) is 19.7. The maximum absolute atomic E-state index is 12.5. The van der Waals surface area contributed by atoms with Gasteiger partial charge in [-0.25, -0.2) is 4.79 Å². The minimum Gasteiger partial charge on any atom is -0.434 e. The average Bonchev–Trinajstić information content (AvgIpc) is 3.15. The quantitative estimate of drug-likeness (QED) is 0.841. The van der Waals surface area contributed by atoms with Crippen LogP contribution >= 0.6 is 11.6 Å². The molecule has 2 aliphatic rings. The molecule has 7 nitrogen and oxygen atoms in total. The summed E-state index contributed by atoms with van der Waals surface area (Å²) in [6, 6.07) is 5.58. The Kier molecular flexibility index (Phi) is 5.37. The topological polar surface area (TPSA) is 84.8 Å². The Hall–Kier alpha value is -2.38. The van der Waals surface area contributed by atoms with Gasteiger partial charge >= 0.3 is 6.09 Å². The summed E-state index contributed by atoms with van der Waals surface area (Å²) in [7, 11) is 0. The Morgan fingerprint density at radius 3 is 2.82 bits per heavy atom. The molecule has 0 atom stereocenters. The number of ether oxygens (including phenoxy) is 2. The van der Waals surface area contributed by atoms with Crippen LogP contribution in [0.5, 0.6) is 17.4 Å². The van der Waals surface area contributed by atoms with Crippen LogP contribution in [-0.4, -0.2) is 45.5 Å². The summed E-state index contributed by atoms with van der Waals surface area (Å²) in [4.78, 5) is 14.1. The highest BCUT2D eigenvalue weighted by molar-refractivity contribution is 6.29. The van der Waals surface area contributed by atoms with Gasteiger partial charge < -0.3 is 19.5 Å². The number of fused-ring (bicyclic) bond motifs is 1. The van der Waals surface area contributed by atoms with Crippen LogP contribution in [0, 0.1) is 6.92 Å². The first-order chi connectivity index (χ1) is 13.5. The third-order valence-corrected chi connectivity index (χ3v) is 5.43. The Morgan fingerprint density at radius 1 is 1.25 bits per heavy atom. The number of aromatic nitrogens is 2. The summed E-state index contributed by atoms with van der Waals surface area (Å²) < 4.78 is 11.6. The molecule has 4 rings (SSSR count). The van der Waals surface area contributed by atoms with Crippen LogP contribution in [0.3, 0.4) is 0 Å². The van der Waals surface area contributed by atoms with Crippen molar-refractivity contribution in [3.63, 3.8) is 0 Å². The first-order valence-electron chi connectivity index (χ1n) is 9.48. The third-order valence-electron chi connectivity index (χ3n) is 5.24. The van der Waals surface area contributed by atoms with Crippen LogP contribution in [0.2, 0.25) is 5.15 Å². The second-order valence-electron chi connectivity index (χ2n) is 7.23. The lowest BCUT2D eigenvalue weighted by atomic mass is 10.1. The van der Waals surface area contributed by atoms with Gasteiger partial charge in [-0.3, -0.25) is 0 Å². The number of benzene rings is 1. The number of piperidine rings is 1. The fourth-order valence-electron chi connectivity index (χ4n) is 3.68. The number of rotatable bonds is 3. The Labute approximate surface area is 168 Å². The number of amides is 1. The highest BCUT2D eigenvalue weighted by Crippen LogP contribution is 2.38. The van der Waals surface area contributed by atoms with Crippen molar-refractivity contribution in [3.05, 3.63) is 40.0 Å². The normalized spacial score (nSPS) is 16.8. The summed E-state index contributed by atoms with van der Waals surface area (Å²) >= 11 is 5.97. The van der Waals surface area contributed by atoms with E-state index in [0.717, 1.165) is 30.6 Å². The molecule has 1 fully saturated rings. The molecule has 1 aliphatic carbocycles. The van der Waals surface area contributed by atoms with Crippen molar-refractivity contribution < 1.29 is 19.4 Å². The lowest BCUT2D eigenvalue weighted by Crippen LogP contribution is -2.41. The molecule has 1 N–H and O–H groups in total. The van der Waals surface area contributed by atoms with Crippen LogP contribution in [-0.2, 0) is 12.8 Å². The van der Waals surface area contributed by atoms with Gasteiger partial charge in [0.25, 0.3) is 5.88 Å². The van der Waals surface area contributed by atoms with Crippen molar-refractivity contribution >= 4 is 17.7 Å². The fourth-order valence-corrected chi connectivity index (χ4v) is 3.82. The van der Waals surface area contributed by atoms with E-state index in [1.165, 1.54) is 17.2 Å². The van der Waals surface area contributed by atoms with E-state index >= 15 is 0 Å². The third kappa shape index (κ3) is 3.91. The molecule has 2 heterocycles. The highest BCUT2D eigenvalue weighted by Gasteiger charge is 2.25. The lowest BCUT2D eigenvalue weighted by molar-refractivity contribution is 0.0793. The van der Waals surface area contributed by atoms with Crippen molar-refractivity contribution in [1.82, 2.24) is 15.1 Å². The molecule has 0 unspecified atom stereocenters. The number of halogens is 1. The number of nitrogens with zero attached hydrogens (tertiary/aromatic N) is 3. The lowest BCUT2D eigenvalue weighted by Gasteiger charge is -2.28. The van der Waals surface area contributed by atoms with E-state index in [1.54, 1.807) is 4.90 Å². The minimum absolute atomic E-state index is 0.109. The van der Waals surface area contributed by atoms with Gasteiger partial charge in [0.1, 0.15) is 5.75 Å². The maximum atomic E-state index is 12.5. The molecule has 0 spiro atoms. The van der Waals surface area contributed by atoms with E-state index in [-0.39, 0.29) is 22.9 Å². The number of aryl methyl sites for hydroxylation is 2. The van der Waals surface area contributed by atoms with Crippen LogP contribution in [0.4, 0.5) is 4.79 Å². The molecule has 8 heteroatoms. The monoisotopic (exact) mass is 403 g/mol. The minimum atomic E-state index is -0.518. The summed E-state index contributed by atoms with van der Waals surface area (Å²) in [6.07, 6.45) is 3.23. The number of aliphatic hydroxyl groups is 1. The van der Waals surface area contributed by atoms with Gasteiger partial charge in [-0.1, -0.05) is 23.7 Å². The number of carbonyl (C=O) groups is 1. The smallest absolute Gasteiger partial charge is 0.415 e. The van der Waals surface area contributed by atoms with Gasteiger partial charge in [-0.15, -0.1) is 10.2 Å². The second-order valence-corrected chi connectivity index (χ2v) is 7.61. The fraction of sp³-hybridized carbons (Fsp3) is 0.450. The van der Waals surface area contributed by atoms with E-state index in [0.29, 0.717) is 25.9 Å². The number of carbonyl (C=O) groups excluding carboxylic acids is 1. The number of aliphatic hydroxyl groups excluding tert-OH is 1. The summed E-state index contributed by atoms with van der Waals surface area (Å²) in [6.45, 7) is 2.85. The average molecular weight is 404 g/mol. The van der Waals surface area contributed by atoms with Gasteiger partial charge in [0.05, 0.1) is 6.10 Å². The van der Waals surface area contributed by atoms with E-state index in [1.807, 2.05) is 13.0 Å². The van der Waals surface area contributed by atoms with Crippen molar-refractivity contribution in [2.45, 2.75) is 45.1 Å². The standard InChI is InChI=1S/C20H22ClN3O4/c1-12-5-6-13-3-2-4-15(13)18(12)28-19-16(11-17(21)22-23-19)27-20(26)24-9-7-14(25)8-10-24/h5-6,11,14,25H,2-4,7-10H2,1H3. The Balaban J connectivity index is 1.58. The molecule has 1 aromatic heterocycles. The number of hydrogen-bond acceptors (Lipinski definition) is 6. The molecule has 1 amide bonds. The Morgan fingerprint density at radius 2 is 2.04 bits per heavy atom. The number of hydrogen-bond donors (Lipinski definition) is 1. The van der Waals surface area contributed by atoms with Crippen molar-refractivity contribution in [3.8, 4) is 17.4 Å². The summed E-state index contributed by atoms with van der Waals surface area (Å²) in [5, 5.41) is 17.6. The first-order valence-corrected chi connectivity index (χ1v) is 9.86. The molecular formula is C20H22ClN3O4. The molecule has 0 saturated carbocycles. The molecule has 2 aromatic rings. The summed E-state index contributed by atoms with van der Waals surface area (Å²) in [5.41, 5.74) is 3.42. The zero-order valence-electron chi connectivity index (χ0n) is 15.7. The van der Waals surface area contributed by atoms with Crippen LogP contribution in [0.15, 0.2) is 18.2 Å². The molecule has 1 aromatic carbocycles. The zero-order valence-corrected chi connectivity index (χ0v) is 16.4. The molecule has 1 aliphatic heterocycles. The molecular weight excluding hydrogens is 382 g/mol. The Bertz CT molecular complexity index is 897. The van der Waals surface area contributed by atoms with E-state index in [9.17, 15) is 9.90 Å². The SMILES string of the molecule is Cc1ccc2c(c1Oc1nnc(Cl)cc1OC(=O)N1CCC(O)CC1)CCC2. The van der Waals surface area contributed by atoms with Gasteiger partial charge in [-0.05, 0) is 55.7 Å². The van der Waals surface area contributed by atoms with Crippen molar-refractivity contribution in [1.29, 1.82) is 0 Å². The molecule has 148 valence electrons. The van der Waals surface area contributed by atoms with E-state index in [2.05, 4.69) is 16.3 Å².